The first kappa shape index (κ1) is 23.9. The summed E-state index contributed by atoms with van der Waals surface area (Å²) in [6.07, 6.45) is 0. The monoisotopic (exact) mass is 485 g/mol. The van der Waals surface area contributed by atoms with E-state index in [0.29, 0.717) is 33.5 Å². The van der Waals surface area contributed by atoms with Crippen LogP contribution in [0.5, 0.6) is 0 Å². The molecule has 0 aliphatic rings. The summed E-state index contributed by atoms with van der Waals surface area (Å²) in [5, 5.41) is 14.7. The van der Waals surface area contributed by atoms with Gasteiger partial charge in [-0.25, -0.2) is 0 Å². The average Bonchev–Trinajstić information content (AvgIpc) is 3.24. The van der Waals surface area contributed by atoms with Crippen molar-refractivity contribution in [2.24, 2.45) is 7.05 Å². The molecule has 9 heteroatoms. The number of Topliss-reactive ketones (excluding diaryl/α,β-unsaturated/α-hetero) is 1. The molecule has 35 heavy (non-hydrogen) atoms. The molecule has 0 saturated carbocycles. The molecule has 0 spiro atoms. The molecule has 0 aliphatic carbocycles. The summed E-state index contributed by atoms with van der Waals surface area (Å²) in [5.41, 5.74) is 3.20. The quantitative estimate of drug-likeness (QED) is 0.278. The third-order valence-electron chi connectivity index (χ3n) is 5.16. The molecular weight excluding hydrogens is 462 g/mol. The SMILES string of the molecule is CC(=O)c1cccc(NC(=O)CSc2nnc(-c3ccc(NC(=O)c4ccccc4)cc3)n2C)c1. The highest BCUT2D eigenvalue weighted by atomic mass is 32.2. The molecule has 0 atom stereocenters. The predicted octanol–water partition coefficient (Wildman–Crippen LogP) is 4.67. The largest absolute Gasteiger partial charge is 0.325 e. The van der Waals surface area contributed by atoms with Crippen LogP contribution in [0.25, 0.3) is 11.4 Å². The van der Waals surface area contributed by atoms with Crippen LogP contribution in [0.2, 0.25) is 0 Å². The number of rotatable bonds is 8. The highest BCUT2D eigenvalue weighted by Crippen LogP contribution is 2.24. The Labute approximate surface area is 206 Å². The van der Waals surface area contributed by atoms with Crippen LogP contribution in [0.1, 0.15) is 27.6 Å². The Morgan fingerprint density at radius 3 is 2.26 bits per heavy atom. The Kier molecular flexibility index (Phi) is 7.37. The first-order valence-electron chi connectivity index (χ1n) is 10.8. The molecular formula is C26H23N5O3S. The Morgan fingerprint density at radius 2 is 1.54 bits per heavy atom. The van der Waals surface area contributed by atoms with E-state index >= 15 is 0 Å². The van der Waals surface area contributed by atoms with Crippen molar-refractivity contribution in [3.05, 3.63) is 90.0 Å². The number of nitrogens with one attached hydrogen (secondary N) is 2. The fraction of sp³-hybridized carbons (Fsp3) is 0.115. The first-order valence-corrected chi connectivity index (χ1v) is 11.8. The minimum Gasteiger partial charge on any atom is -0.325 e. The maximum Gasteiger partial charge on any atom is 0.255 e. The highest BCUT2D eigenvalue weighted by Gasteiger charge is 2.14. The van der Waals surface area contributed by atoms with Crippen molar-refractivity contribution >= 4 is 40.7 Å². The van der Waals surface area contributed by atoms with E-state index in [4.69, 9.17) is 0 Å². The number of carbonyl (C=O) groups is 3. The minimum atomic E-state index is -0.209. The molecule has 3 aromatic carbocycles. The third kappa shape index (κ3) is 6.01. The number of ketones is 1. The molecule has 0 fully saturated rings. The van der Waals surface area contributed by atoms with Gasteiger partial charge in [-0.3, -0.25) is 14.4 Å². The fourth-order valence-corrected chi connectivity index (χ4v) is 4.04. The van der Waals surface area contributed by atoms with Gasteiger partial charge in [-0.1, -0.05) is 42.1 Å². The second-order valence-electron chi connectivity index (χ2n) is 7.74. The smallest absolute Gasteiger partial charge is 0.255 e. The summed E-state index contributed by atoms with van der Waals surface area (Å²) in [5.74, 6) is 0.332. The number of thioether (sulfide) groups is 1. The highest BCUT2D eigenvalue weighted by molar-refractivity contribution is 7.99. The molecule has 4 rings (SSSR count). The maximum atomic E-state index is 12.4. The van der Waals surface area contributed by atoms with Crippen molar-refractivity contribution in [1.82, 2.24) is 14.8 Å². The van der Waals surface area contributed by atoms with Gasteiger partial charge in [0.25, 0.3) is 5.91 Å². The topological polar surface area (TPSA) is 106 Å². The van der Waals surface area contributed by atoms with Crippen LogP contribution in [0.3, 0.4) is 0 Å². The number of benzene rings is 3. The molecule has 1 heterocycles. The number of amides is 2. The predicted molar refractivity (Wildman–Crippen MR) is 137 cm³/mol. The molecule has 0 radical (unpaired) electrons. The molecule has 0 bridgehead atoms. The zero-order valence-corrected chi connectivity index (χ0v) is 20.0. The number of nitrogens with zero attached hydrogens (tertiary/aromatic N) is 3. The second kappa shape index (κ2) is 10.8. The van der Waals surface area contributed by atoms with Crippen LogP contribution in [-0.2, 0) is 11.8 Å². The zero-order valence-electron chi connectivity index (χ0n) is 19.2. The lowest BCUT2D eigenvalue weighted by atomic mass is 10.1. The fourth-order valence-electron chi connectivity index (χ4n) is 3.33. The lowest BCUT2D eigenvalue weighted by molar-refractivity contribution is -0.113. The summed E-state index contributed by atoms with van der Waals surface area (Å²) in [6, 6.07) is 23.2. The van der Waals surface area contributed by atoms with Crippen molar-refractivity contribution in [2.75, 3.05) is 16.4 Å². The van der Waals surface area contributed by atoms with Crippen LogP contribution >= 0.6 is 11.8 Å². The summed E-state index contributed by atoms with van der Waals surface area (Å²) >= 11 is 1.26. The van der Waals surface area contributed by atoms with Gasteiger partial charge in [-0.05, 0) is 55.5 Å². The second-order valence-corrected chi connectivity index (χ2v) is 8.68. The summed E-state index contributed by atoms with van der Waals surface area (Å²) in [4.78, 5) is 36.2. The maximum absolute atomic E-state index is 12.4. The first-order chi connectivity index (χ1) is 16.9. The van der Waals surface area contributed by atoms with Crippen LogP contribution < -0.4 is 10.6 Å². The third-order valence-corrected chi connectivity index (χ3v) is 6.18. The van der Waals surface area contributed by atoms with Gasteiger partial charge in [0, 0.05) is 35.1 Å². The van der Waals surface area contributed by atoms with Crippen LogP contribution in [0, 0.1) is 0 Å². The van der Waals surface area contributed by atoms with Gasteiger partial charge in [0.2, 0.25) is 5.91 Å². The van der Waals surface area contributed by atoms with E-state index in [1.807, 2.05) is 41.9 Å². The molecule has 1 aromatic heterocycles. The van der Waals surface area contributed by atoms with Gasteiger partial charge in [0.1, 0.15) is 0 Å². The molecule has 176 valence electrons. The van der Waals surface area contributed by atoms with Crippen LogP contribution in [-0.4, -0.2) is 38.1 Å². The van der Waals surface area contributed by atoms with Crippen LogP contribution in [0.15, 0.2) is 84.0 Å². The number of carbonyl (C=O) groups excluding carboxylic acids is 3. The lowest BCUT2D eigenvalue weighted by Crippen LogP contribution is -2.14. The summed E-state index contributed by atoms with van der Waals surface area (Å²) in [7, 11) is 1.83. The van der Waals surface area contributed by atoms with E-state index in [1.54, 1.807) is 48.5 Å². The molecule has 2 N–H and O–H groups in total. The zero-order chi connectivity index (χ0) is 24.8. The molecule has 4 aromatic rings. The van der Waals surface area contributed by atoms with Crippen LogP contribution in [0.4, 0.5) is 11.4 Å². The van der Waals surface area contributed by atoms with E-state index in [0.717, 1.165) is 5.56 Å². The Bertz CT molecular complexity index is 1370. The van der Waals surface area contributed by atoms with E-state index in [1.165, 1.54) is 18.7 Å². The standard InChI is InChI=1S/C26H23N5O3S/c1-17(32)20-9-6-10-22(15-20)27-23(33)16-35-26-30-29-24(31(26)2)18-11-13-21(14-12-18)28-25(34)19-7-4-3-5-8-19/h3-15H,16H2,1-2H3,(H,27,33)(H,28,34). The number of hydrogen-bond acceptors (Lipinski definition) is 6. The molecule has 2 amide bonds. The molecule has 8 nitrogen and oxygen atoms in total. The van der Waals surface area contributed by atoms with E-state index in [-0.39, 0.29) is 23.4 Å². The van der Waals surface area contributed by atoms with Crippen molar-refractivity contribution in [2.45, 2.75) is 12.1 Å². The molecule has 0 saturated heterocycles. The average molecular weight is 486 g/mol. The Morgan fingerprint density at radius 1 is 0.829 bits per heavy atom. The van der Waals surface area contributed by atoms with Gasteiger partial charge in [0.05, 0.1) is 5.75 Å². The van der Waals surface area contributed by atoms with E-state index < -0.39 is 0 Å². The van der Waals surface area contributed by atoms with E-state index in [2.05, 4.69) is 20.8 Å². The van der Waals surface area contributed by atoms with Gasteiger partial charge < -0.3 is 15.2 Å². The van der Waals surface area contributed by atoms with E-state index in [9.17, 15) is 14.4 Å². The van der Waals surface area contributed by atoms with Crippen molar-refractivity contribution in [1.29, 1.82) is 0 Å². The summed E-state index contributed by atoms with van der Waals surface area (Å²) in [6.45, 7) is 1.48. The van der Waals surface area contributed by atoms with Crippen molar-refractivity contribution in [3.8, 4) is 11.4 Å². The molecule has 0 aliphatic heterocycles. The summed E-state index contributed by atoms with van der Waals surface area (Å²) < 4.78 is 1.81. The normalized spacial score (nSPS) is 10.6. The number of aromatic nitrogens is 3. The minimum absolute atomic E-state index is 0.0614. The number of hydrogen-bond donors (Lipinski definition) is 2. The lowest BCUT2D eigenvalue weighted by Gasteiger charge is -2.08. The van der Waals surface area contributed by atoms with Gasteiger partial charge in [0.15, 0.2) is 16.8 Å². The number of anilines is 2. The Balaban J connectivity index is 1.36. The molecule has 0 unspecified atom stereocenters. The van der Waals surface area contributed by atoms with Gasteiger partial charge in [-0.15, -0.1) is 10.2 Å². The van der Waals surface area contributed by atoms with Gasteiger partial charge >= 0.3 is 0 Å². The van der Waals surface area contributed by atoms with Gasteiger partial charge in [-0.2, -0.15) is 0 Å². The Hall–Kier alpha value is -4.24. The van der Waals surface area contributed by atoms with Crippen molar-refractivity contribution < 1.29 is 14.4 Å². The van der Waals surface area contributed by atoms with Crippen molar-refractivity contribution in [3.63, 3.8) is 0 Å².